The number of carbonyl (C=O) groups is 1. The molecule has 2 aromatic heterocycles. The Kier molecular flexibility index (Phi) is 3.84. The van der Waals surface area contributed by atoms with Crippen LogP contribution in [0.25, 0.3) is 11.3 Å². The Labute approximate surface area is 131 Å². The topological polar surface area (TPSA) is 75.1 Å². The molecule has 0 saturated heterocycles. The third kappa shape index (κ3) is 3.12. The Balaban J connectivity index is 1.85. The number of benzene rings is 1. The van der Waals surface area contributed by atoms with E-state index in [1.807, 2.05) is 30.5 Å². The fourth-order valence-corrected chi connectivity index (χ4v) is 2.82. The Morgan fingerprint density at radius 2 is 2.18 bits per heavy atom. The van der Waals surface area contributed by atoms with E-state index >= 15 is 0 Å². The van der Waals surface area contributed by atoms with Crippen molar-refractivity contribution in [3.8, 4) is 11.3 Å². The lowest BCUT2D eigenvalue weighted by atomic mass is 10.1. The third-order valence-electron chi connectivity index (χ3n) is 3.04. The van der Waals surface area contributed by atoms with Crippen LogP contribution in [0.1, 0.15) is 15.9 Å². The van der Waals surface area contributed by atoms with Crippen molar-refractivity contribution in [2.75, 3.05) is 5.32 Å². The van der Waals surface area contributed by atoms with E-state index in [0.717, 1.165) is 16.8 Å². The smallest absolute Gasteiger partial charge is 0.335 e. The van der Waals surface area contributed by atoms with Gasteiger partial charge in [0.05, 0.1) is 11.3 Å². The summed E-state index contributed by atoms with van der Waals surface area (Å²) in [6.07, 6.45) is 3.48. The van der Waals surface area contributed by atoms with Crippen LogP contribution in [-0.2, 0) is 0 Å². The van der Waals surface area contributed by atoms with Crippen LogP contribution in [0.3, 0.4) is 0 Å². The predicted molar refractivity (Wildman–Crippen MR) is 86.8 cm³/mol. The highest BCUT2D eigenvalue weighted by Crippen LogP contribution is 2.27. The van der Waals surface area contributed by atoms with Gasteiger partial charge in [-0.2, -0.15) is 0 Å². The molecule has 0 amide bonds. The second kappa shape index (κ2) is 5.95. The highest BCUT2D eigenvalue weighted by molar-refractivity contribution is 7.14. The molecule has 1 aromatic carbocycles. The van der Waals surface area contributed by atoms with Crippen LogP contribution in [0.2, 0.25) is 0 Å². The standard InChI is InChI=1S/C16H13N3O2S/c1-10-5-12(15(20)21)7-13(6-10)18-16-19-14(9-22-16)11-3-2-4-17-8-11/h2-9H,1H3,(H,18,19)(H,20,21). The van der Waals surface area contributed by atoms with E-state index in [4.69, 9.17) is 5.11 Å². The number of carboxylic acid groups (broad SMARTS) is 1. The first-order valence-corrected chi connectivity index (χ1v) is 7.48. The van der Waals surface area contributed by atoms with Crippen LogP contribution in [0.5, 0.6) is 0 Å². The van der Waals surface area contributed by atoms with Gasteiger partial charge in [-0.3, -0.25) is 4.98 Å². The lowest BCUT2D eigenvalue weighted by Gasteiger charge is -2.05. The molecule has 22 heavy (non-hydrogen) atoms. The van der Waals surface area contributed by atoms with Crippen molar-refractivity contribution in [2.45, 2.75) is 6.92 Å². The zero-order chi connectivity index (χ0) is 15.5. The number of nitrogens with zero attached hydrogens (tertiary/aromatic N) is 2. The number of anilines is 2. The van der Waals surface area contributed by atoms with Crippen molar-refractivity contribution in [2.24, 2.45) is 0 Å². The van der Waals surface area contributed by atoms with Crippen molar-refractivity contribution >= 4 is 28.1 Å². The summed E-state index contributed by atoms with van der Waals surface area (Å²) in [4.78, 5) is 19.7. The first-order chi connectivity index (χ1) is 10.6. The molecular formula is C16H13N3O2S. The number of thiazole rings is 1. The fraction of sp³-hybridized carbons (Fsp3) is 0.0625. The van der Waals surface area contributed by atoms with Gasteiger partial charge in [0.15, 0.2) is 5.13 Å². The number of aromatic carboxylic acids is 1. The van der Waals surface area contributed by atoms with Gasteiger partial charge in [0.25, 0.3) is 0 Å². The summed E-state index contributed by atoms with van der Waals surface area (Å²) in [5, 5.41) is 14.9. The predicted octanol–water partition coefficient (Wildman–Crippen LogP) is 3.96. The normalized spacial score (nSPS) is 10.4. The number of hydrogen-bond donors (Lipinski definition) is 2. The Morgan fingerprint density at radius 1 is 1.32 bits per heavy atom. The van der Waals surface area contributed by atoms with Crippen molar-refractivity contribution in [1.29, 1.82) is 0 Å². The van der Waals surface area contributed by atoms with Crippen LogP contribution in [0, 0.1) is 6.92 Å². The van der Waals surface area contributed by atoms with Crippen LogP contribution in [0.15, 0.2) is 48.1 Å². The molecule has 0 fully saturated rings. The summed E-state index contributed by atoms with van der Waals surface area (Å²) in [6.45, 7) is 1.86. The first-order valence-electron chi connectivity index (χ1n) is 6.60. The van der Waals surface area contributed by atoms with Gasteiger partial charge in [-0.25, -0.2) is 9.78 Å². The Bertz CT molecular complexity index is 815. The molecule has 0 atom stereocenters. The number of nitrogens with one attached hydrogen (secondary N) is 1. The lowest BCUT2D eigenvalue weighted by molar-refractivity contribution is 0.0697. The van der Waals surface area contributed by atoms with Gasteiger partial charge in [-0.05, 0) is 42.8 Å². The molecule has 3 aromatic rings. The highest BCUT2D eigenvalue weighted by atomic mass is 32.1. The minimum Gasteiger partial charge on any atom is -0.478 e. The number of aromatic nitrogens is 2. The van der Waals surface area contributed by atoms with Crippen LogP contribution in [-0.4, -0.2) is 21.0 Å². The van der Waals surface area contributed by atoms with E-state index < -0.39 is 5.97 Å². The molecule has 0 radical (unpaired) electrons. The quantitative estimate of drug-likeness (QED) is 0.763. The molecular weight excluding hydrogens is 298 g/mol. The summed E-state index contributed by atoms with van der Waals surface area (Å²) in [6, 6.07) is 8.93. The minimum atomic E-state index is -0.943. The number of pyridine rings is 1. The second-order valence-electron chi connectivity index (χ2n) is 4.80. The van der Waals surface area contributed by atoms with Crippen LogP contribution in [0.4, 0.5) is 10.8 Å². The average Bonchev–Trinajstić information content (AvgIpc) is 2.96. The van der Waals surface area contributed by atoms with Gasteiger partial charge >= 0.3 is 5.97 Å². The molecule has 0 unspecified atom stereocenters. The molecule has 2 heterocycles. The van der Waals surface area contributed by atoms with Crippen molar-refractivity contribution < 1.29 is 9.90 Å². The summed E-state index contributed by atoms with van der Waals surface area (Å²) >= 11 is 1.46. The second-order valence-corrected chi connectivity index (χ2v) is 5.66. The molecule has 0 aliphatic rings. The zero-order valence-electron chi connectivity index (χ0n) is 11.8. The zero-order valence-corrected chi connectivity index (χ0v) is 12.6. The lowest BCUT2D eigenvalue weighted by Crippen LogP contribution is -1.99. The van der Waals surface area contributed by atoms with Crippen molar-refractivity contribution in [3.63, 3.8) is 0 Å². The molecule has 5 nitrogen and oxygen atoms in total. The maximum atomic E-state index is 11.1. The van der Waals surface area contributed by atoms with Gasteiger partial charge in [0.1, 0.15) is 0 Å². The summed E-state index contributed by atoms with van der Waals surface area (Å²) in [5.41, 5.74) is 3.64. The fourth-order valence-electron chi connectivity index (χ4n) is 2.08. The number of aryl methyl sites for hydroxylation is 1. The maximum absolute atomic E-state index is 11.1. The van der Waals surface area contributed by atoms with E-state index in [2.05, 4.69) is 15.3 Å². The summed E-state index contributed by atoms with van der Waals surface area (Å²) < 4.78 is 0. The van der Waals surface area contributed by atoms with Crippen molar-refractivity contribution in [3.05, 3.63) is 59.2 Å². The number of rotatable bonds is 4. The van der Waals surface area contributed by atoms with E-state index in [0.29, 0.717) is 10.8 Å². The molecule has 6 heteroatoms. The average molecular weight is 311 g/mol. The molecule has 0 aliphatic heterocycles. The minimum absolute atomic E-state index is 0.256. The number of carboxylic acids is 1. The Morgan fingerprint density at radius 3 is 2.91 bits per heavy atom. The van der Waals surface area contributed by atoms with Gasteiger partial charge in [-0.15, -0.1) is 11.3 Å². The monoisotopic (exact) mass is 311 g/mol. The highest BCUT2D eigenvalue weighted by Gasteiger charge is 2.08. The van der Waals surface area contributed by atoms with Gasteiger partial charge in [0.2, 0.25) is 0 Å². The Hall–Kier alpha value is -2.73. The molecule has 2 N–H and O–H groups in total. The van der Waals surface area contributed by atoms with Gasteiger partial charge in [-0.1, -0.05) is 0 Å². The number of hydrogen-bond acceptors (Lipinski definition) is 5. The van der Waals surface area contributed by atoms with Crippen molar-refractivity contribution in [1.82, 2.24) is 9.97 Å². The van der Waals surface area contributed by atoms with E-state index in [-0.39, 0.29) is 5.56 Å². The van der Waals surface area contributed by atoms with Crippen LogP contribution >= 0.6 is 11.3 Å². The molecule has 0 saturated carbocycles. The SMILES string of the molecule is Cc1cc(Nc2nc(-c3cccnc3)cs2)cc(C(=O)O)c1. The molecule has 0 bridgehead atoms. The maximum Gasteiger partial charge on any atom is 0.335 e. The largest absolute Gasteiger partial charge is 0.478 e. The molecule has 110 valence electrons. The van der Waals surface area contributed by atoms with Crippen LogP contribution < -0.4 is 5.32 Å². The first kappa shape index (κ1) is 14.2. The van der Waals surface area contributed by atoms with E-state index in [1.165, 1.54) is 11.3 Å². The van der Waals surface area contributed by atoms with Gasteiger partial charge in [0, 0.05) is 29.0 Å². The summed E-state index contributed by atoms with van der Waals surface area (Å²) in [7, 11) is 0. The van der Waals surface area contributed by atoms with E-state index in [9.17, 15) is 4.79 Å². The van der Waals surface area contributed by atoms with E-state index in [1.54, 1.807) is 24.5 Å². The molecule has 0 aliphatic carbocycles. The molecule has 3 rings (SSSR count). The summed E-state index contributed by atoms with van der Waals surface area (Å²) in [5.74, 6) is -0.943. The molecule has 0 spiro atoms. The van der Waals surface area contributed by atoms with Gasteiger partial charge < -0.3 is 10.4 Å². The third-order valence-corrected chi connectivity index (χ3v) is 3.79.